The number of nitrogens with one attached hydrogen (secondary N) is 3. The van der Waals surface area contributed by atoms with Gasteiger partial charge in [0.15, 0.2) is 0 Å². The highest BCUT2D eigenvalue weighted by atomic mass is 16.2. The summed E-state index contributed by atoms with van der Waals surface area (Å²) in [5, 5.41) is 9.12. The molecule has 0 aromatic rings. The van der Waals surface area contributed by atoms with Gasteiger partial charge >= 0.3 is 0 Å². The number of amides is 3. The molecule has 7 nitrogen and oxygen atoms in total. The second-order valence-electron chi connectivity index (χ2n) is 4.44. The molecule has 0 atom stereocenters. The van der Waals surface area contributed by atoms with Crippen LogP contribution in [0.2, 0.25) is 0 Å². The fourth-order valence-corrected chi connectivity index (χ4v) is 1.56. The third kappa shape index (κ3) is 3.83. The molecule has 98 valence electrons. The smallest absolute Gasteiger partial charge is 0.267 e. The zero-order valence-corrected chi connectivity index (χ0v) is 9.99. The van der Waals surface area contributed by atoms with Crippen LogP contribution in [0.3, 0.4) is 0 Å². The van der Waals surface area contributed by atoms with E-state index in [-0.39, 0.29) is 37.1 Å². The summed E-state index contributed by atoms with van der Waals surface area (Å²) >= 11 is 0. The van der Waals surface area contributed by atoms with Crippen LogP contribution >= 0.6 is 0 Å². The van der Waals surface area contributed by atoms with Gasteiger partial charge < -0.3 is 10.6 Å². The molecule has 1 saturated carbocycles. The molecule has 3 amide bonds. The summed E-state index contributed by atoms with van der Waals surface area (Å²) in [6.45, 7) is 0.282. The molecule has 2 aliphatic rings. The van der Waals surface area contributed by atoms with Crippen LogP contribution in [0.25, 0.3) is 0 Å². The topological polar surface area (TPSA) is 99.7 Å². The summed E-state index contributed by atoms with van der Waals surface area (Å²) < 4.78 is 0. The Bertz CT molecular complexity index is 401. The van der Waals surface area contributed by atoms with E-state index in [9.17, 15) is 14.4 Å². The van der Waals surface area contributed by atoms with E-state index in [4.69, 9.17) is 0 Å². The lowest BCUT2D eigenvalue weighted by molar-refractivity contribution is -0.122. The first kappa shape index (κ1) is 12.5. The van der Waals surface area contributed by atoms with Crippen LogP contribution < -0.4 is 16.1 Å². The van der Waals surface area contributed by atoms with Gasteiger partial charge in [-0.1, -0.05) is 0 Å². The normalized spacial score (nSPS) is 18.7. The van der Waals surface area contributed by atoms with Crippen molar-refractivity contribution < 1.29 is 14.4 Å². The highest BCUT2D eigenvalue weighted by Crippen LogP contribution is 2.18. The van der Waals surface area contributed by atoms with Gasteiger partial charge in [0, 0.05) is 31.8 Å². The SMILES string of the molecule is O=C1CCC(C(=O)NCCC(=O)NC2CC2)=NN1. The molecular formula is C11H16N4O3. The summed E-state index contributed by atoms with van der Waals surface area (Å²) in [4.78, 5) is 33.8. The number of hydrogen-bond acceptors (Lipinski definition) is 4. The molecule has 7 heteroatoms. The molecule has 0 unspecified atom stereocenters. The first-order valence-corrected chi connectivity index (χ1v) is 6.08. The zero-order valence-electron chi connectivity index (χ0n) is 9.99. The fraction of sp³-hybridized carbons (Fsp3) is 0.636. The first-order valence-electron chi connectivity index (χ1n) is 6.08. The molecule has 3 N–H and O–H groups in total. The van der Waals surface area contributed by atoms with Gasteiger partial charge in [-0.15, -0.1) is 0 Å². The average molecular weight is 252 g/mol. The molecule has 0 saturated heterocycles. The number of hydrazone groups is 1. The van der Waals surface area contributed by atoms with Crippen LogP contribution in [0.1, 0.15) is 32.1 Å². The standard InChI is InChI=1S/C11H16N4O3/c16-9(13-7-1-2-7)5-6-12-11(18)8-3-4-10(17)15-14-8/h7H,1-6H2,(H,12,18)(H,13,16)(H,15,17). The molecular weight excluding hydrogens is 236 g/mol. The molecule has 1 fully saturated rings. The Morgan fingerprint density at radius 1 is 1.33 bits per heavy atom. The Morgan fingerprint density at radius 2 is 2.11 bits per heavy atom. The predicted octanol–water partition coefficient (Wildman–Crippen LogP) is -0.963. The van der Waals surface area contributed by atoms with Gasteiger partial charge in [0.25, 0.3) is 5.91 Å². The van der Waals surface area contributed by atoms with Crippen LogP contribution in [-0.4, -0.2) is 36.0 Å². The van der Waals surface area contributed by atoms with Crippen molar-refractivity contribution in [2.45, 2.75) is 38.1 Å². The fourth-order valence-electron chi connectivity index (χ4n) is 1.56. The predicted molar refractivity (Wildman–Crippen MR) is 63.6 cm³/mol. The third-order valence-corrected chi connectivity index (χ3v) is 2.75. The highest BCUT2D eigenvalue weighted by Gasteiger charge is 2.23. The molecule has 0 radical (unpaired) electrons. The van der Waals surface area contributed by atoms with E-state index in [0.29, 0.717) is 18.2 Å². The van der Waals surface area contributed by atoms with Crippen molar-refractivity contribution in [2.24, 2.45) is 5.10 Å². The summed E-state index contributed by atoms with van der Waals surface area (Å²) in [7, 11) is 0. The van der Waals surface area contributed by atoms with Gasteiger partial charge in [0.2, 0.25) is 11.8 Å². The van der Waals surface area contributed by atoms with E-state index in [1.165, 1.54) is 0 Å². The number of carbonyl (C=O) groups excluding carboxylic acids is 3. The molecule has 0 bridgehead atoms. The lowest BCUT2D eigenvalue weighted by atomic mass is 10.1. The molecule has 1 aliphatic carbocycles. The van der Waals surface area contributed by atoms with E-state index >= 15 is 0 Å². The minimum atomic E-state index is -0.325. The van der Waals surface area contributed by atoms with Crippen molar-refractivity contribution in [2.75, 3.05) is 6.54 Å². The van der Waals surface area contributed by atoms with Crippen molar-refractivity contribution in [3.63, 3.8) is 0 Å². The van der Waals surface area contributed by atoms with Gasteiger partial charge in [-0.3, -0.25) is 14.4 Å². The molecule has 1 aliphatic heterocycles. The molecule has 0 spiro atoms. The molecule has 0 aromatic heterocycles. The first-order chi connectivity index (χ1) is 8.65. The van der Waals surface area contributed by atoms with E-state index < -0.39 is 0 Å². The Balaban J connectivity index is 1.64. The Labute approximate surface area is 104 Å². The Kier molecular flexibility index (Phi) is 3.91. The Morgan fingerprint density at radius 3 is 2.72 bits per heavy atom. The van der Waals surface area contributed by atoms with Crippen molar-refractivity contribution >= 4 is 23.4 Å². The van der Waals surface area contributed by atoms with Gasteiger partial charge in [0.05, 0.1) is 0 Å². The summed E-state index contributed by atoms with van der Waals surface area (Å²) in [5.74, 6) is -0.554. The number of rotatable bonds is 5. The van der Waals surface area contributed by atoms with Crippen molar-refractivity contribution in [1.82, 2.24) is 16.1 Å². The minimum absolute atomic E-state index is 0.0447. The lowest BCUT2D eigenvalue weighted by Gasteiger charge is -2.11. The average Bonchev–Trinajstić information content (AvgIpc) is 3.13. The van der Waals surface area contributed by atoms with Crippen LogP contribution in [-0.2, 0) is 14.4 Å². The quantitative estimate of drug-likeness (QED) is 0.587. The summed E-state index contributed by atoms with van der Waals surface area (Å²) in [6, 6.07) is 0.339. The van der Waals surface area contributed by atoms with Crippen LogP contribution in [0.15, 0.2) is 5.10 Å². The van der Waals surface area contributed by atoms with E-state index in [0.717, 1.165) is 12.8 Å². The lowest BCUT2D eigenvalue weighted by Crippen LogP contribution is -2.38. The number of hydrogen-bond donors (Lipinski definition) is 3. The van der Waals surface area contributed by atoms with Crippen molar-refractivity contribution in [3.8, 4) is 0 Å². The molecule has 1 heterocycles. The van der Waals surface area contributed by atoms with Crippen molar-refractivity contribution in [1.29, 1.82) is 0 Å². The summed E-state index contributed by atoms with van der Waals surface area (Å²) in [5.41, 5.74) is 2.56. The second-order valence-corrected chi connectivity index (χ2v) is 4.44. The third-order valence-electron chi connectivity index (χ3n) is 2.75. The zero-order chi connectivity index (χ0) is 13.0. The molecule has 2 rings (SSSR count). The Hall–Kier alpha value is -1.92. The second kappa shape index (κ2) is 5.61. The molecule has 0 aromatic carbocycles. The summed E-state index contributed by atoms with van der Waals surface area (Å²) in [6.07, 6.45) is 2.98. The van der Waals surface area contributed by atoms with Crippen LogP contribution in [0.4, 0.5) is 0 Å². The monoisotopic (exact) mass is 252 g/mol. The van der Waals surface area contributed by atoms with Crippen molar-refractivity contribution in [3.05, 3.63) is 0 Å². The van der Waals surface area contributed by atoms with Crippen LogP contribution in [0, 0.1) is 0 Å². The van der Waals surface area contributed by atoms with Gasteiger partial charge in [-0.2, -0.15) is 5.10 Å². The van der Waals surface area contributed by atoms with E-state index in [1.54, 1.807) is 0 Å². The number of nitrogens with zero attached hydrogens (tertiary/aromatic N) is 1. The maximum absolute atomic E-state index is 11.6. The molecule has 18 heavy (non-hydrogen) atoms. The van der Waals surface area contributed by atoms with Gasteiger partial charge in [-0.05, 0) is 12.8 Å². The maximum Gasteiger partial charge on any atom is 0.267 e. The number of carbonyl (C=O) groups is 3. The van der Waals surface area contributed by atoms with Crippen LogP contribution in [0.5, 0.6) is 0 Å². The maximum atomic E-state index is 11.6. The highest BCUT2D eigenvalue weighted by molar-refractivity contribution is 6.39. The van der Waals surface area contributed by atoms with E-state index in [1.807, 2.05) is 0 Å². The minimum Gasteiger partial charge on any atom is -0.353 e. The van der Waals surface area contributed by atoms with E-state index in [2.05, 4.69) is 21.2 Å². The van der Waals surface area contributed by atoms with Gasteiger partial charge in [-0.25, -0.2) is 5.43 Å². The largest absolute Gasteiger partial charge is 0.353 e. The van der Waals surface area contributed by atoms with Gasteiger partial charge in [0.1, 0.15) is 5.71 Å².